The molecule has 3 aromatic rings. The number of para-hydroxylation sites is 3. The molecule has 1 aliphatic heterocycles. The SMILES string of the molecule is COc1ccccc1C(=O)N1CCC(c2nc3ccccc3o2)CC1. The first-order valence-corrected chi connectivity index (χ1v) is 8.54. The van der Waals surface area contributed by atoms with E-state index in [0.717, 1.165) is 29.8 Å². The molecule has 1 aliphatic rings. The average molecular weight is 336 g/mol. The number of rotatable bonds is 3. The van der Waals surface area contributed by atoms with Crippen LogP contribution < -0.4 is 4.74 Å². The highest BCUT2D eigenvalue weighted by Gasteiger charge is 2.28. The van der Waals surface area contributed by atoms with Crippen molar-refractivity contribution < 1.29 is 13.9 Å². The molecule has 0 unspecified atom stereocenters. The Morgan fingerprint density at radius 1 is 1.12 bits per heavy atom. The van der Waals surface area contributed by atoms with Gasteiger partial charge in [-0.05, 0) is 37.1 Å². The Morgan fingerprint density at radius 2 is 1.84 bits per heavy atom. The van der Waals surface area contributed by atoms with Gasteiger partial charge in [0.15, 0.2) is 11.5 Å². The quantitative estimate of drug-likeness (QED) is 0.729. The van der Waals surface area contributed by atoms with Crippen LogP contribution >= 0.6 is 0 Å². The van der Waals surface area contributed by atoms with Gasteiger partial charge < -0.3 is 14.1 Å². The lowest BCUT2D eigenvalue weighted by Crippen LogP contribution is -2.38. The summed E-state index contributed by atoms with van der Waals surface area (Å²) in [5.41, 5.74) is 2.33. The fourth-order valence-electron chi connectivity index (χ4n) is 3.39. The minimum atomic E-state index is 0.0217. The number of oxazole rings is 1. The van der Waals surface area contributed by atoms with Crippen molar-refractivity contribution in [1.29, 1.82) is 0 Å². The van der Waals surface area contributed by atoms with Crippen molar-refractivity contribution >= 4 is 17.0 Å². The van der Waals surface area contributed by atoms with E-state index in [1.165, 1.54) is 0 Å². The molecule has 128 valence electrons. The zero-order valence-electron chi connectivity index (χ0n) is 14.1. The van der Waals surface area contributed by atoms with Crippen LogP contribution in [0.15, 0.2) is 52.9 Å². The van der Waals surface area contributed by atoms with Crippen LogP contribution in [0.2, 0.25) is 0 Å². The number of methoxy groups -OCH3 is 1. The van der Waals surface area contributed by atoms with Gasteiger partial charge in [-0.1, -0.05) is 24.3 Å². The molecule has 1 fully saturated rings. The molecule has 25 heavy (non-hydrogen) atoms. The fraction of sp³-hybridized carbons (Fsp3) is 0.300. The summed E-state index contributed by atoms with van der Waals surface area (Å²) < 4.78 is 11.2. The Hall–Kier alpha value is -2.82. The number of hydrogen-bond donors (Lipinski definition) is 0. The van der Waals surface area contributed by atoms with Gasteiger partial charge in [-0.3, -0.25) is 4.79 Å². The molecule has 4 rings (SSSR count). The van der Waals surface area contributed by atoms with Gasteiger partial charge in [0.1, 0.15) is 11.3 Å². The van der Waals surface area contributed by atoms with Crippen LogP contribution in [0.1, 0.15) is 35.0 Å². The Kier molecular flexibility index (Phi) is 4.14. The van der Waals surface area contributed by atoms with E-state index in [0.29, 0.717) is 24.4 Å². The van der Waals surface area contributed by atoms with Crippen LogP contribution in [0.4, 0.5) is 0 Å². The van der Waals surface area contributed by atoms with Gasteiger partial charge in [-0.2, -0.15) is 0 Å². The molecule has 0 N–H and O–H groups in total. The van der Waals surface area contributed by atoms with Gasteiger partial charge in [0.2, 0.25) is 0 Å². The van der Waals surface area contributed by atoms with Gasteiger partial charge in [-0.25, -0.2) is 4.98 Å². The molecule has 1 saturated heterocycles. The van der Waals surface area contributed by atoms with Crippen LogP contribution in [0.25, 0.3) is 11.1 Å². The molecule has 2 heterocycles. The van der Waals surface area contributed by atoms with E-state index in [-0.39, 0.29) is 11.8 Å². The molecule has 0 radical (unpaired) electrons. The van der Waals surface area contributed by atoms with E-state index in [1.54, 1.807) is 7.11 Å². The molecule has 0 spiro atoms. The molecule has 1 aromatic heterocycles. The summed E-state index contributed by atoms with van der Waals surface area (Å²) in [5, 5.41) is 0. The van der Waals surface area contributed by atoms with E-state index >= 15 is 0 Å². The molecule has 5 nitrogen and oxygen atoms in total. The Morgan fingerprint density at radius 3 is 2.60 bits per heavy atom. The maximum Gasteiger partial charge on any atom is 0.257 e. The number of carbonyl (C=O) groups excluding carboxylic acids is 1. The summed E-state index contributed by atoms with van der Waals surface area (Å²) in [7, 11) is 1.59. The topological polar surface area (TPSA) is 55.6 Å². The Labute approximate surface area is 146 Å². The van der Waals surface area contributed by atoms with Crippen molar-refractivity contribution in [3.63, 3.8) is 0 Å². The number of carbonyl (C=O) groups is 1. The predicted molar refractivity (Wildman–Crippen MR) is 94.9 cm³/mol. The molecule has 0 bridgehead atoms. The Bertz CT molecular complexity index is 862. The van der Waals surface area contributed by atoms with Crippen LogP contribution in [0, 0.1) is 0 Å². The van der Waals surface area contributed by atoms with Gasteiger partial charge in [0, 0.05) is 19.0 Å². The maximum absolute atomic E-state index is 12.8. The second kappa shape index (κ2) is 6.59. The summed E-state index contributed by atoms with van der Waals surface area (Å²) in [5.74, 6) is 1.68. The summed E-state index contributed by atoms with van der Waals surface area (Å²) in [6.45, 7) is 1.39. The highest BCUT2D eigenvalue weighted by Crippen LogP contribution is 2.31. The number of aromatic nitrogens is 1. The summed E-state index contributed by atoms with van der Waals surface area (Å²) in [6.07, 6.45) is 1.71. The van der Waals surface area contributed by atoms with E-state index in [4.69, 9.17) is 9.15 Å². The monoisotopic (exact) mass is 336 g/mol. The highest BCUT2D eigenvalue weighted by molar-refractivity contribution is 5.97. The number of likely N-dealkylation sites (tertiary alicyclic amines) is 1. The summed E-state index contributed by atoms with van der Waals surface area (Å²) in [4.78, 5) is 19.3. The number of ether oxygens (including phenoxy) is 1. The second-order valence-electron chi connectivity index (χ2n) is 6.29. The molecule has 0 saturated carbocycles. The minimum absolute atomic E-state index is 0.0217. The third-order valence-electron chi connectivity index (χ3n) is 4.78. The zero-order valence-corrected chi connectivity index (χ0v) is 14.1. The van der Waals surface area contributed by atoms with Crippen molar-refractivity contribution in [2.24, 2.45) is 0 Å². The van der Waals surface area contributed by atoms with Crippen molar-refractivity contribution in [3.8, 4) is 5.75 Å². The molecule has 0 atom stereocenters. The van der Waals surface area contributed by atoms with Crippen LogP contribution in [0.5, 0.6) is 5.75 Å². The van der Waals surface area contributed by atoms with Gasteiger partial charge in [0.25, 0.3) is 5.91 Å². The first kappa shape index (κ1) is 15.7. The third kappa shape index (κ3) is 2.97. The first-order chi connectivity index (χ1) is 12.3. The number of hydrogen-bond acceptors (Lipinski definition) is 4. The average Bonchev–Trinajstić information content (AvgIpc) is 3.12. The summed E-state index contributed by atoms with van der Waals surface area (Å²) >= 11 is 0. The van der Waals surface area contributed by atoms with Crippen molar-refractivity contribution in [2.45, 2.75) is 18.8 Å². The van der Waals surface area contributed by atoms with Crippen molar-refractivity contribution in [3.05, 3.63) is 60.0 Å². The molecule has 1 amide bonds. The van der Waals surface area contributed by atoms with Gasteiger partial charge in [-0.15, -0.1) is 0 Å². The van der Waals surface area contributed by atoms with Crippen molar-refractivity contribution in [1.82, 2.24) is 9.88 Å². The van der Waals surface area contributed by atoms with E-state index in [1.807, 2.05) is 53.4 Å². The largest absolute Gasteiger partial charge is 0.496 e. The van der Waals surface area contributed by atoms with Gasteiger partial charge >= 0.3 is 0 Å². The number of fused-ring (bicyclic) bond motifs is 1. The highest BCUT2D eigenvalue weighted by atomic mass is 16.5. The third-order valence-corrected chi connectivity index (χ3v) is 4.78. The first-order valence-electron chi connectivity index (χ1n) is 8.54. The zero-order chi connectivity index (χ0) is 17.2. The second-order valence-corrected chi connectivity index (χ2v) is 6.29. The lowest BCUT2D eigenvalue weighted by Gasteiger charge is -2.31. The summed E-state index contributed by atoms with van der Waals surface area (Å²) in [6, 6.07) is 15.2. The lowest BCUT2D eigenvalue weighted by molar-refractivity contribution is 0.0703. The lowest BCUT2D eigenvalue weighted by atomic mass is 9.96. The molecule has 5 heteroatoms. The van der Waals surface area contributed by atoms with E-state index in [9.17, 15) is 4.79 Å². The number of amides is 1. The van der Waals surface area contributed by atoms with E-state index < -0.39 is 0 Å². The molecule has 0 aliphatic carbocycles. The number of benzene rings is 2. The fourth-order valence-corrected chi connectivity index (χ4v) is 3.39. The normalized spacial score (nSPS) is 15.5. The number of nitrogens with zero attached hydrogens (tertiary/aromatic N) is 2. The standard InChI is InChI=1S/C20H20N2O3/c1-24-17-8-4-2-6-15(17)20(23)22-12-10-14(11-13-22)19-21-16-7-3-5-9-18(16)25-19/h2-9,14H,10-13H2,1H3. The van der Waals surface area contributed by atoms with E-state index in [2.05, 4.69) is 4.98 Å². The van der Waals surface area contributed by atoms with Crippen molar-refractivity contribution in [2.75, 3.05) is 20.2 Å². The smallest absolute Gasteiger partial charge is 0.257 e. The maximum atomic E-state index is 12.8. The van der Waals surface area contributed by atoms with Crippen LogP contribution in [0.3, 0.4) is 0 Å². The number of piperidine rings is 1. The molecule has 2 aromatic carbocycles. The minimum Gasteiger partial charge on any atom is -0.496 e. The van der Waals surface area contributed by atoms with Crippen LogP contribution in [-0.4, -0.2) is 36.0 Å². The van der Waals surface area contributed by atoms with Gasteiger partial charge in [0.05, 0.1) is 12.7 Å². The molecular formula is C20H20N2O3. The predicted octanol–water partition coefficient (Wildman–Crippen LogP) is 3.86. The molecular weight excluding hydrogens is 316 g/mol. The van der Waals surface area contributed by atoms with Crippen LogP contribution in [-0.2, 0) is 0 Å². The Balaban J connectivity index is 1.46.